The van der Waals surface area contributed by atoms with Crippen LogP contribution in [0, 0.1) is 0 Å². The topological polar surface area (TPSA) is 50.9 Å². The normalized spacial score (nSPS) is 12.4. The smallest absolute Gasteiger partial charge is 0.115 e. The van der Waals surface area contributed by atoms with Gasteiger partial charge in [-0.2, -0.15) is 0 Å². The van der Waals surface area contributed by atoms with Gasteiger partial charge in [0.05, 0.1) is 6.04 Å². The summed E-state index contributed by atoms with van der Waals surface area (Å²) < 4.78 is 0.974. The van der Waals surface area contributed by atoms with E-state index in [1.807, 2.05) is 24.4 Å². The molecule has 0 radical (unpaired) electrons. The second-order valence-electron chi connectivity index (χ2n) is 4.12. The molecule has 0 amide bonds. The Hall–Kier alpha value is -1.07. The zero-order chi connectivity index (χ0) is 13.1. The molecule has 0 saturated heterocycles. The van der Waals surface area contributed by atoms with Crippen LogP contribution in [0.1, 0.15) is 29.8 Å². The van der Waals surface area contributed by atoms with Gasteiger partial charge in [-0.15, -0.1) is 11.3 Å². The molecule has 18 heavy (non-hydrogen) atoms. The van der Waals surface area contributed by atoms with Gasteiger partial charge in [0.25, 0.3) is 0 Å². The second-order valence-corrected chi connectivity index (χ2v) is 6.12. The number of halogens is 1. The van der Waals surface area contributed by atoms with Crippen molar-refractivity contribution in [2.75, 3.05) is 11.1 Å². The second kappa shape index (κ2) is 5.71. The van der Waals surface area contributed by atoms with Crippen molar-refractivity contribution in [1.29, 1.82) is 0 Å². The molecule has 2 aromatic rings. The number of hydrogen-bond donors (Lipinski definition) is 2. The van der Waals surface area contributed by atoms with Crippen LogP contribution in [-0.2, 0) is 6.42 Å². The molecule has 1 atom stereocenters. The quantitative estimate of drug-likeness (QED) is 0.827. The number of aromatic nitrogens is 1. The predicted octanol–water partition coefficient (Wildman–Crippen LogP) is 4.22. The van der Waals surface area contributed by atoms with E-state index in [1.165, 1.54) is 4.88 Å². The van der Waals surface area contributed by atoms with Gasteiger partial charge in [0.1, 0.15) is 5.01 Å². The Morgan fingerprint density at radius 2 is 2.28 bits per heavy atom. The molecule has 3 N–H and O–H groups in total. The number of nitrogens with one attached hydrogen (secondary N) is 1. The number of nitrogens with zero attached hydrogens (tertiary/aromatic N) is 1. The third-order valence-corrected chi connectivity index (χ3v) is 4.64. The van der Waals surface area contributed by atoms with E-state index in [0.717, 1.165) is 27.3 Å². The average molecular weight is 326 g/mol. The summed E-state index contributed by atoms with van der Waals surface area (Å²) in [7, 11) is 0. The average Bonchev–Trinajstić information content (AvgIpc) is 2.81. The third-order valence-electron chi connectivity index (χ3n) is 2.66. The molecule has 0 aliphatic carbocycles. The zero-order valence-corrected chi connectivity index (χ0v) is 12.8. The van der Waals surface area contributed by atoms with E-state index >= 15 is 0 Å². The van der Waals surface area contributed by atoms with Gasteiger partial charge in [0, 0.05) is 26.9 Å². The summed E-state index contributed by atoms with van der Waals surface area (Å²) in [5, 5.41) is 4.54. The molecule has 3 nitrogen and oxygen atoms in total. The molecule has 0 aliphatic heterocycles. The molecule has 0 bridgehead atoms. The molecule has 1 aromatic carbocycles. The first-order valence-electron chi connectivity index (χ1n) is 5.86. The van der Waals surface area contributed by atoms with Crippen LogP contribution in [0.4, 0.5) is 11.4 Å². The van der Waals surface area contributed by atoms with Gasteiger partial charge in [-0.1, -0.05) is 6.92 Å². The predicted molar refractivity (Wildman–Crippen MR) is 82.1 cm³/mol. The maximum atomic E-state index is 5.72. The van der Waals surface area contributed by atoms with E-state index in [4.69, 9.17) is 5.73 Å². The van der Waals surface area contributed by atoms with Crippen LogP contribution in [0.15, 0.2) is 28.9 Å². The number of hydrogen-bond acceptors (Lipinski definition) is 4. The Bertz CT molecular complexity index is 539. The summed E-state index contributed by atoms with van der Waals surface area (Å²) in [6.07, 6.45) is 2.99. The van der Waals surface area contributed by atoms with Crippen LogP contribution in [0.2, 0.25) is 0 Å². The number of nitrogens with two attached hydrogens (primary N) is 1. The SMILES string of the molecule is CCc1cnc(C(C)Nc2ccc(N)cc2Br)s1. The fraction of sp³-hybridized carbons (Fsp3) is 0.308. The van der Waals surface area contributed by atoms with E-state index in [2.05, 4.69) is 40.1 Å². The van der Waals surface area contributed by atoms with Crippen LogP contribution in [0.5, 0.6) is 0 Å². The van der Waals surface area contributed by atoms with Gasteiger partial charge >= 0.3 is 0 Å². The zero-order valence-electron chi connectivity index (χ0n) is 10.4. The number of anilines is 2. The maximum absolute atomic E-state index is 5.72. The standard InChI is InChI=1S/C13H16BrN3S/c1-3-10-7-16-13(18-10)8(2)17-12-5-4-9(15)6-11(12)14/h4-8,17H,3,15H2,1-2H3. The molecule has 1 heterocycles. The highest BCUT2D eigenvalue weighted by molar-refractivity contribution is 9.10. The summed E-state index contributed by atoms with van der Waals surface area (Å²) in [6.45, 7) is 4.26. The lowest BCUT2D eigenvalue weighted by Gasteiger charge is -2.14. The highest BCUT2D eigenvalue weighted by atomic mass is 79.9. The first-order chi connectivity index (χ1) is 8.60. The van der Waals surface area contributed by atoms with E-state index in [-0.39, 0.29) is 6.04 Å². The summed E-state index contributed by atoms with van der Waals surface area (Å²) >= 11 is 5.26. The van der Waals surface area contributed by atoms with Crippen molar-refractivity contribution >= 4 is 38.6 Å². The Morgan fingerprint density at radius 1 is 1.50 bits per heavy atom. The lowest BCUT2D eigenvalue weighted by Crippen LogP contribution is -2.06. The van der Waals surface area contributed by atoms with Crippen LogP contribution in [0.25, 0.3) is 0 Å². The number of thiazole rings is 1. The molecule has 0 saturated carbocycles. The molecule has 1 aromatic heterocycles. The van der Waals surface area contributed by atoms with E-state index in [0.29, 0.717) is 0 Å². The van der Waals surface area contributed by atoms with Gasteiger partial charge < -0.3 is 11.1 Å². The monoisotopic (exact) mass is 325 g/mol. The van der Waals surface area contributed by atoms with E-state index < -0.39 is 0 Å². The van der Waals surface area contributed by atoms with Crippen molar-refractivity contribution < 1.29 is 0 Å². The molecule has 5 heteroatoms. The van der Waals surface area contributed by atoms with Crippen molar-refractivity contribution in [3.05, 3.63) is 38.8 Å². The summed E-state index contributed by atoms with van der Waals surface area (Å²) in [5.41, 5.74) is 7.51. The van der Waals surface area contributed by atoms with Crippen molar-refractivity contribution in [3.8, 4) is 0 Å². The molecular formula is C13H16BrN3S. The van der Waals surface area contributed by atoms with Crippen LogP contribution in [-0.4, -0.2) is 4.98 Å². The molecular weight excluding hydrogens is 310 g/mol. The summed E-state index contributed by atoms with van der Waals surface area (Å²) in [4.78, 5) is 5.76. The van der Waals surface area contributed by atoms with E-state index in [1.54, 1.807) is 11.3 Å². The first kappa shape index (κ1) is 13.4. The fourth-order valence-corrected chi connectivity index (χ4v) is 3.00. The van der Waals surface area contributed by atoms with Gasteiger partial charge in [0.15, 0.2) is 0 Å². The van der Waals surface area contributed by atoms with Gasteiger partial charge in [-0.25, -0.2) is 4.98 Å². The maximum Gasteiger partial charge on any atom is 0.115 e. The Balaban J connectivity index is 2.13. The number of aryl methyl sites for hydroxylation is 1. The summed E-state index contributed by atoms with van der Waals surface area (Å²) in [6, 6.07) is 5.95. The lowest BCUT2D eigenvalue weighted by atomic mass is 10.2. The molecule has 2 rings (SSSR count). The minimum Gasteiger partial charge on any atom is -0.399 e. The van der Waals surface area contributed by atoms with Crippen molar-refractivity contribution in [3.63, 3.8) is 0 Å². The van der Waals surface area contributed by atoms with Crippen LogP contribution in [0.3, 0.4) is 0 Å². The Morgan fingerprint density at radius 3 is 2.89 bits per heavy atom. The largest absolute Gasteiger partial charge is 0.399 e. The molecule has 1 unspecified atom stereocenters. The number of benzene rings is 1. The Kier molecular flexibility index (Phi) is 4.24. The number of nitrogen functional groups attached to an aromatic ring is 1. The highest BCUT2D eigenvalue weighted by Crippen LogP contribution is 2.29. The van der Waals surface area contributed by atoms with Crippen LogP contribution < -0.4 is 11.1 Å². The number of rotatable bonds is 4. The van der Waals surface area contributed by atoms with Crippen molar-refractivity contribution in [2.24, 2.45) is 0 Å². The lowest BCUT2D eigenvalue weighted by molar-refractivity contribution is 0.868. The van der Waals surface area contributed by atoms with Crippen molar-refractivity contribution in [1.82, 2.24) is 4.98 Å². The Labute approximate surface area is 120 Å². The van der Waals surface area contributed by atoms with Crippen molar-refractivity contribution in [2.45, 2.75) is 26.3 Å². The third kappa shape index (κ3) is 3.03. The highest BCUT2D eigenvalue weighted by Gasteiger charge is 2.11. The molecule has 96 valence electrons. The molecule has 0 fully saturated rings. The van der Waals surface area contributed by atoms with Crippen LogP contribution >= 0.6 is 27.3 Å². The first-order valence-corrected chi connectivity index (χ1v) is 7.47. The van der Waals surface area contributed by atoms with Gasteiger partial charge in [-0.3, -0.25) is 0 Å². The molecule has 0 spiro atoms. The van der Waals surface area contributed by atoms with Gasteiger partial charge in [-0.05, 0) is 47.5 Å². The minimum atomic E-state index is 0.190. The fourth-order valence-electron chi connectivity index (χ4n) is 1.63. The molecule has 0 aliphatic rings. The van der Waals surface area contributed by atoms with Gasteiger partial charge in [0.2, 0.25) is 0 Å². The minimum absolute atomic E-state index is 0.190. The van der Waals surface area contributed by atoms with E-state index in [9.17, 15) is 0 Å². The summed E-state index contributed by atoms with van der Waals surface area (Å²) in [5.74, 6) is 0.